The molecule has 4 rings (SSSR count). The van der Waals surface area contributed by atoms with E-state index >= 15 is 0 Å². The SMILES string of the molecule is O=C(NCc1ccc(=O)[nH]n1)N1CCN(c2cccc3[nH]ncc23)CC1. The lowest BCUT2D eigenvalue weighted by atomic mass is 10.2. The number of H-pyrrole nitrogens is 2. The molecule has 1 aliphatic rings. The summed E-state index contributed by atoms with van der Waals surface area (Å²) >= 11 is 0. The Bertz CT molecular complexity index is 952. The lowest BCUT2D eigenvalue weighted by Gasteiger charge is -2.36. The first-order chi connectivity index (χ1) is 12.7. The van der Waals surface area contributed by atoms with Gasteiger partial charge in [-0.3, -0.25) is 9.89 Å². The van der Waals surface area contributed by atoms with Gasteiger partial charge in [0.2, 0.25) is 0 Å². The highest BCUT2D eigenvalue weighted by Gasteiger charge is 2.22. The molecule has 26 heavy (non-hydrogen) atoms. The molecule has 9 nitrogen and oxygen atoms in total. The molecule has 1 aromatic carbocycles. The Labute approximate surface area is 149 Å². The van der Waals surface area contributed by atoms with Gasteiger partial charge in [-0.05, 0) is 18.2 Å². The fraction of sp³-hybridized carbons (Fsp3) is 0.294. The molecule has 0 saturated carbocycles. The molecular weight excluding hydrogens is 334 g/mol. The maximum absolute atomic E-state index is 12.3. The van der Waals surface area contributed by atoms with Crippen LogP contribution in [0.25, 0.3) is 10.9 Å². The van der Waals surface area contributed by atoms with Crippen molar-refractivity contribution >= 4 is 22.6 Å². The van der Waals surface area contributed by atoms with E-state index < -0.39 is 0 Å². The third-order valence-corrected chi connectivity index (χ3v) is 4.53. The predicted octanol–water partition coefficient (Wildman–Crippen LogP) is 0.678. The summed E-state index contributed by atoms with van der Waals surface area (Å²) in [5, 5.41) is 17.3. The van der Waals surface area contributed by atoms with E-state index in [9.17, 15) is 9.59 Å². The normalized spacial score (nSPS) is 14.6. The number of carbonyl (C=O) groups is 1. The molecule has 2 amide bonds. The molecule has 3 aromatic rings. The Hall–Kier alpha value is -3.36. The Morgan fingerprint density at radius 1 is 1.12 bits per heavy atom. The molecule has 0 unspecified atom stereocenters. The van der Waals surface area contributed by atoms with E-state index in [-0.39, 0.29) is 18.1 Å². The first-order valence-corrected chi connectivity index (χ1v) is 8.45. The van der Waals surface area contributed by atoms with Crippen molar-refractivity contribution < 1.29 is 4.79 Å². The zero-order chi connectivity index (χ0) is 17.9. The Morgan fingerprint density at radius 3 is 2.73 bits per heavy atom. The number of aromatic nitrogens is 4. The summed E-state index contributed by atoms with van der Waals surface area (Å²) in [6.07, 6.45) is 1.83. The third-order valence-electron chi connectivity index (χ3n) is 4.53. The summed E-state index contributed by atoms with van der Waals surface area (Å²) in [6, 6.07) is 8.95. The van der Waals surface area contributed by atoms with Crippen LogP contribution in [0, 0.1) is 0 Å². The highest BCUT2D eigenvalue weighted by molar-refractivity contribution is 5.91. The Kier molecular flexibility index (Phi) is 4.26. The monoisotopic (exact) mass is 353 g/mol. The molecular formula is C17H19N7O2. The molecule has 0 aliphatic carbocycles. The first kappa shape index (κ1) is 16.1. The number of aromatic amines is 2. The third kappa shape index (κ3) is 3.23. The van der Waals surface area contributed by atoms with Crippen LogP contribution >= 0.6 is 0 Å². The van der Waals surface area contributed by atoms with Crippen LogP contribution in [0.5, 0.6) is 0 Å². The van der Waals surface area contributed by atoms with Crippen molar-refractivity contribution in [2.45, 2.75) is 6.54 Å². The quantitative estimate of drug-likeness (QED) is 0.641. The van der Waals surface area contributed by atoms with Gasteiger partial charge in [0, 0.05) is 43.3 Å². The first-order valence-electron chi connectivity index (χ1n) is 8.45. The maximum Gasteiger partial charge on any atom is 0.317 e. The highest BCUT2D eigenvalue weighted by atomic mass is 16.2. The smallest absolute Gasteiger partial charge is 0.317 e. The number of nitrogens with zero attached hydrogens (tertiary/aromatic N) is 4. The molecule has 2 aromatic heterocycles. The van der Waals surface area contributed by atoms with E-state index in [4.69, 9.17) is 0 Å². The van der Waals surface area contributed by atoms with Crippen molar-refractivity contribution in [3.63, 3.8) is 0 Å². The summed E-state index contributed by atoms with van der Waals surface area (Å²) in [5.74, 6) is 0. The van der Waals surface area contributed by atoms with Crippen LogP contribution in [0.2, 0.25) is 0 Å². The molecule has 1 aliphatic heterocycles. The lowest BCUT2D eigenvalue weighted by Crippen LogP contribution is -2.51. The number of piperazine rings is 1. The fourth-order valence-electron chi connectivity index (χ4n) is 3.13. The molecule has 0 atom stereocenters. The number of fused-ring (bicyclic) bond motifs is 1. The lowest BCUT2D eigenvalue weighted by molar-refractivity contribution is 0.194. The second kappa shape index (κ2) is 6.87. The number of benzene rings is 1. The molecule has 0 radical (unpaired) electrons. The number of rotatable bonds is 3. The van der Waals surface area contributed by atoms with Crippen LogP contribution in [0.15, 0.2) is 41.3 Å². The zero-order valence-electron chi connectivity index (χ0n) is 14.1. The highest BCUT2D eigenvalue weighted by Crippen LogP contribution is 2.26. The zero-order valence-corrected chi connectivity index (χ0v) is 14.1. The van der Waals surface area contributed by atoms with Crippen LogP contribution in [-0.2, 0) is 6.54 Å². The van der Waals surface area contributed by atoms with Gasteiger partial charge in [-0.1, -0.05) is 6.07 Å². The number of nitrogens with one attached hydrogen (secondary N) is 3. The average molecular weight is 353 g/mol. The molecule has 0 spiro atoms. The van der Waals surface area contributed by atoms with E-state index in [1.807, 2.05) is 18.3 Å². The molecule has 0 bridgehead atoms. The van der Waals surface area contributed by atoms with Crippen LogP contribution in [0.4, 0.5) is 10.5 Å². The van der Waals surface area contributed by atoms with Crippen molar-refractivity contribution in [2.75, 3.05) is 31.1 Å². The van der Waals surface area contributed by atoms with E-state index in [1.54, 1.807) is 11.0 Å². The van der Waals surface area contributed by atoms with Gasteiger partial charge in [-0.2, -0.15) is 10.2 Å². The van der Waals surface area contributed by atoms with Crippen LogP contribution in [-0.4, -0.2) is 57.5 Å². The topological polar surface area (TPSA) is 110 Å². The average Bonchev–Trinajstić information content (AvgIpc) is 3.16. The molecule has 134 valence electrons. The number of carbonyl (C=O) groups excluding carboxylic acids is 1. The minimum Gasteiger partial charge on any atom is -0.367 e. The van der Waals surface area contributed by atoms with Crippen molar-refractivity contribution in [1.82, 2.24) is 30.6 Å². The van der Waals surface area contributed by atoms with Crippen LogP contribution in [0.3, 0.4) is 0 Å². The number of hydrogen-bond donors (Lipinski definition) is 3. The molecule has 1 fully saturated rings. The number of amides is 2. The molecule has 1 saturated heterocycles. The largest absolute Gasteiger partial charge is 0.367 e. The van der Waals surface area contributed by atoms with Crippen molar-refractivity contribution in [2.24, 2.45) is 0 Å². The minimum absolute atomic E-state index is 0.126. The Morgan fingerprint density at radius 2 is 1.96 bits per heavy atom. The van der Waals surface area contributed by atoms with Crippen LogP contribution < -0.4 is 15.8 Å². The van der Waals surface area contributed by atoms with Crippen molar-refractivity contribution in [3.05, 3.63) is 52.6 Å². The second-order valence-corrected chi connectivity index (χ2v) is 6.15. The van der Waals surface area contributed by atoms with Gasteiger partial charge in [-0.25, -0.2) is 9.89 Å². The van der Waals surface area contributed by atoms with Gasteiger partial charge >= 0.3 is 6.03 Å². The number of hydrogen-bond acceptors (Lipinski definition) is 5. The van der Waals surface area contributed by atoms with E-state index in [1.165, 1.54) is 6.07 Å². The van der Waals surface area contributed by atoms with Crippen molar-refractivity contribution in [1.29, 1.82) is 0 Å². The number of urea groups is 1. The van der Waals surface area contributed by atoms with E-state index in [0.29, 0.717) is 18.8 Å². The second-order valence-electron chi connectivity index (χ2n) is 6.15. The molecule has 3 heterocycles. The van der Waals surface area contributed by atoms with Gasteiger partial charge in [0.15, 0.2) is 0 Å². The summed E-state index contributed by atoms with van der Waals surface area (Å²) < 4.78 is 0. The predicted molar refractivity (Wildman–Crippen MR) is 97.0 cm³/mol. The van der Waals surface area contributed by atoms with Gasteiger partial charge < -0.3 is 15.1 Å². The summed E-state index contributed by atoms with van der Waals surface area (Å²) in [7, 11) is 0. The number of anilines is 1. The summed E-state index contributed by atoms with van der Waals surface area (Å²) in [6.45, 7) is 3.08. The van der Waals surface area contributed by atoms with Gasteiger partial charge in [0.05, 0.1) is 24.0 Å². The molecule has 9 heteroatoms. The van der Waals surface area contributed by atoms with Gasteiger partial charge in [0.25, 0.3) is 5.56 Å². The molecule has 3 N–H and O–H groups in total. The van der Waals surface area contributed by atoms with Gasteiger partial charge in [-0.15, -0.1) is 0 Å². The van der Waals surface area contributed by atoms with Crippen LogP contribution in [0.1, 0.15) is 5.69 Å². The minimum atomic E-state index is -0.260. The standard InChI is InChI=1S/C17H19N7O2/c25-16-5-4-12(20-22-16)10-18-17(26)24-8-6-23(7-9-24)15-3-1-2-14-13(15)11-19-21-14/h1-5,11H,6-10H2,(H,18,26)(H,19,21)(H,22,25). The summed E-state index contributed by atoms with van der Waals surface area (Å²) in [4.78, 5) is 27.4. The van der Waals surface area contributed by atoms with E-state index in [2.05, 4.69) is 36.7 Å². The van der Waals surface area contributed by atoms with Gasteiger partial charge in [0.1, 0.15) is 0 Å². The maximum atomic E-state index is 12.3. The van der Waals surface area contributed by atoms with E-state index in [0.717, 1.165) is 29.7 Å². The van der Waals surface area contributed by atoms with Crippen molar-refractivity contribution in [3.8, 4) is 0 Å². The Balaban J connectivity index is 1.34. The fourth-order valence-corrected chi connectivity index (χ4v) is 3.13. The summed E-state index contributed by atoms with van der Waals surface area (Å²) in [5.41, 5.74) is 2.50.